The number of nitrogens with one attached hydrogen (secondary N) is 1. The molecule has 0 aliphatic carbocycles. The molecule has 1 N–H and O–H groups in total. The van der Waals surface area contributed by atoms with Gasteiger partial charge in [0.25, 0.3) is 0 Å². The van der Waals surface area contributed by atoms with E-state index in [1.54, 1.807) is 0 Å². The highest BCUT2D eigenvalue weighted by atomic mass is 16.5. The summed E-state index contributed by atoms with van der Waals surface area (Å²) < 4.78 is 11.0. The lowest BCUT2D eigenvalue weighted by Crippen LogP contribution is -2.39. The second-order valence-corrected chi connectivity index (χ2v) is 4.83. The highest BCUT2D eigenvalue weighted by molar-refractivity contribution is 4.74. The number of hydrogen-bond donors (Lipinski definition) is 1. The Morgan fingerprint density at radius 2 is 2.27 bits per heavy atom. The molecule has 1 rings (SSSR count). The van der Waals surface area contributed by atoms with Crippen molar-refractivity contribution in [1.29, 1.82) is 0 Å². The Morgan fingerprint density at radius 3 is 2.93 bits per heavy atom. The Morgan fingerprint density at radius 1 is 1.47 bits per heavy atom. The quantitative estimate of drug-likeness (QED) is 0.686. The fourth-order valence-corrected chi connectivity index (χ4v) is 1.84. The molecule has 0 radical (unpaired) electrons. The number of rotatable bonds is 6. The molecule has 1 fully saturated rings. The SMILES string of the molecule is CC(C)COCCNC1CCOC(C)C1. The first-order valence-corrected chi connectivity index (χ1v) is 6.11. The average molecular weight is 215 g/mol. The molecular formula is C12H25NO2. The molecule has 1 aliphatic rings. The van der Waals surface area contributed by atoms with Gasteiger partial charge < -0.3 is 14.8 Å². The van der Waals surface area contributed by atoms with Crippen molar-refractivity contribution < 1.29 is 9.47 Å². The summed E-state index contributed by atoms with van der Waals surface area (Å²) in [5, 5.41) is 3.52. The molecular weight excluding hydrogens is 190 g/mol. The zero-order valence-electron chi connectivity index (χ0n) is 10.3. The third-order valence-corrected chi connectivity index (χ3v) is 2.62. The molecule has 0 aromatic heterocycles. The Bertz CT molecular complexity index is 162. The third kappa shape index (κ3) is 6.13. The molecule has 0 spiro atoms. The van der Waals surface area contributed by atoms with E-state index in [1.165, 1.54) is 0 Å². The van der Waals surface area contributed by atoms with Crippen LogP contribution in [0.1, 0.15) is 33.6 Å². The normalized spacial score (nSPS) is 27.2. The van der Waals surface area contributed by atoms with Gasteiger partial charge in [0.1, 0.15) is 0 Å². The highest BCUT2D eigenvalue weighted by Gasteiger charge is 2.18. The molecule has 0 aromatic carbocycles. The smallest absolute Gasteiger partial charge is 0.0591 e. The summed E-state index contributed by atoms with van der Waals surface area (Å²) in [5.41, 5.74) is 0. The van der Waals surface area contributed by atoms with Gasteiger partial charge in [0.2, 0.25) is 0 Å². The van der Waals surface area contributed by atoms with Crippen LogP contribution in [0.3, 0.4) is 0 Å². The number of hydrogen-bond acceptors (Lipinski definition) is 3. The van der Waals surface area contributed by atoms with E-state index < -0.39 is 0 Å². The van der Waals surface area contributed by atoms with Gasteiger partial charge in [0, 0.05) is 25.8 Å². The predicted molar refractivity (Wildman–Crippen MR) is 62.1 cm³/mol. The summed E-state index contributed by atoms with van der Waals surface area (Å²) in [6.07, 6.45) is 2.67. The molecule has 0 amide bonds. The van der Waals surface area contributed by atoms with Crippen LogP contribution >= 0.6 is 0 Å². The molecule has 1 saturated heterocycles. The standard InChI is InChI=1S/C12H25NO2/c1-10(2)9-14-7-5-13-12-4-6-15-11(3)8-12/h10-13H,4-9H2,1-3H3. The van der Waals surface area contributed by atoms with Gasteiger partial charge in [0.15, 0.2) is 0 Å². The molecule has 0 saturated carbocycles. The molecule has 1 aliphatic heterocycles. The number of ether oxygens (including phenoxy) is 2. The Hall–Kier alpha value is -0.120. The van der Waals surface area contributed by atoms with Crippen LogP contribution in [0.4, 0.5) is 0 Å². The van der Waals surface area contributed by atoms with Crippen molar-refractivity contribution in [3.05, 3.63) is 0 Å². The molecule has 15 heavy (non-hydrogen) atoms. The molecule has 0 aromatic rings. The molecule has 2 unspecified atom stereocenters. The van der Waals surface area contributed by atoms with Crippen LogP contribution in [0.25, 0.3) is 0 Å². The summed E-state index contributed by atoms with van der Waals surface area (Å²) >= 11 is 0. The molecule has 1 heterocycles. The van der Waals surface area contributed by atoms with E-state index in [0.717, 1.165) is 39.2 Å². The summed E-state index contributed by atoms with van der Waals surface area (Å²) in [4.78, 5) is 0. The topological polar surface area (TPSA) is 30.5 Å². The van der Waals surface area contributed by atoms with Crippen LogP contribution in [-0.2, 0) is 9.47 Å². The lowest BCUT2D eigenvalue weighted by molar-refractivity contribution is 0.0114. The Balaban J connectivity index is 1.95. The van der Waals surface area contributed by atoms with E-state index in [1.807, 2.05) is 0 Å². The van der Waals surface area contributed by atoms with Crippen molar-refractivity contribution in [2.75, 3.05) is 26.4 Å². The summed E-state index contributed by atoms with van der Waals surface area (Å²) in [6, 6.07) is 0.622. The van der Waals surface area contributed by atoms with Crippen molar-refractivity contribution in [3.63, 3.8) is 0 Å². The first-order valence-electron chi connectivity index (χ1n) is 6.11. The van der Waals surface area contributed by atoms with Gasteiger partial charge in [-0.15, -0.1) is 0 Å². The fourth-order valence-electron chi connectivity index (χ4n) is 1.84. The van der Waals surface area contributed by atoms with E-state index in [2.05, 4.69) is 26.1 Å². The van der Waals surface area contributed by atoms with E-state index in [9.17, 15) is 0 Å². The van der Waals surface area contributed by atoms with Crippen molar-refractivity contribution in [1.82, 2.24) is 5.32 Å². The monoisotopic (exact) mass is 215 g/mol. The summed E-state index contributed by atoms with van der Waals surface area (Å²) in [7, 11) is 0. The first kappa shape index (κ1) is 12.9. The predicted octanol–water partition coefficient (Wildman–Crippen LogP) is 1.82. The van der Waals surface area contributed by atoms with Gasteiger partial charge in [-0.2, -0.15) is 0 Å². The van der Waals surface area contributed by atoms with Crippen molar-refractivity contribution in [3.8, 4) is 0 Å². The van der Waals surface area contributed by atoms with Crippen molar-refractivity contribution >= 4 is 0 Å². The van der Waals surface area contributed by atoms with Crippen molar-refractivity contribution in [2.45, 2.75) is 45.8 Å². The van der Waals surface area contributed by atoms with Crippen molar-refractivity contribution in [2.24, 2.45) is 5.92 Å². The maximum Gasteiger partial charge on any atom is 0.0591 e. The Kier molecular flexibility index (Phi) is 6.22. The van der Waals surface area contributed by atoms with Gasteiger partial charge >= 0.3 is 0 Å². The molecule has 2 atom stereocenters. The molecule has 3 heteroatoms. The van der Waals surface area contributed by atoms with Crippen LogP contribution in [0, 0.1) is 5.92 Å². The van der Waals surface area contributed by atoms with Gasteiger partial charge in [-0.05, 0) is 25.7 Å². The summed E-state index contributed by atoms with van der Waals surface area (Å²) in [6.45, 7) is 10.0. The van der Waals surface area contributed by atoms with E-state index in [0.29, 0.717) is 18.1 Å². The van der Waals surface area contributed by atoms with Crippen LogP contribution < -0.4 is 5.32 Å². The van der Waals surface area contributed by atoms with E-state index >= 15 is 0 Å². The lowest BCUT2D eigenvalue weighted by atomic mass is 10.0. The van der Waals surface area contributed by atoms with Crippen LogP contribution in [0.5, 0.6) is 0 Å². The minimum atomic E-state index is 0.410. The van der Waals surface area contributed by atoms with E-state index in [-0.39, 0.29) is 0 Å². The van der Waals surface area contributed by atoms with Crippen LogP contribution in [-0.4, -0.2) is 38.5 Å². The largest absolute Gasteiger partial charge is 0.380 e. The van der Waals surface area contributed by atoms with E-state index in [4.69, 9.17) is 9.47 Å². The zero-order valence-corrected chi connectivity index (χ0v) is 10.3. The minimum Gasteiger partial charge on any atom is -0.380 e. The molecule has 3 nitrogen and oxygen atoms in total. The second kappa shape index (κ2) is 7.20. The Labute approximate surface area is 93.5 Å². The maximum absolute atomic E-state index is 5.52. The fraction of sp³-hybridized carbons (Fsp3) is 1.00. The van der Waals surface area contributed by atoms with Gasteiger partial charge in [-0.1, -0.05) is 13.8 Å². The lowest BCUT2D eigenvalue weighted by Gasteiger charge is -2.28. The summed E-state index contributed by atoms with van der Waals surface area (Å²) in [5.74, 6) is 0.633. The zero-order chi connectivity index (χ0) is 11.1. The minimum absolute atomic E-state index is 0.410. The first-order chi connectivity index (χ1) is 7.18. The van der Waals surface area contributed by atoms with Gasteiger partial charge in [-0.25, -0.2) is 0 Å². The van der Waals surface area contributed by atoms with Gasteiger partial charge in [0.05, 0.1) is 12.7 Å². The van der Waals surface area contributed by atoms with Crippen LogP contribution in [0.2, 0.25) is 0 Å². The second-order valence-electron chi connectivity index (χ2n) is 4.83. The van der Waals surface area contributed by atoms with Crippen LogP contribution in [0.15, 0.2) is 0 Å². The maximum atomic E-state index is 5.52. The van der Waals surface area contributed by atoms with Gasteiger partial charge in [-0.3, -0.25) is 0 Å². The molecule has 90 valence electrons. The third-order valence-electron chi connectivity index (χ3n) is 2.62. The molecule has 0 bridgehead atoms. The average Bonchev–Trinajstić information content (AvgIpc) is 2.17. The highest BCUT2D eigenvalue weighted by Crippen LogP contribution is 2.12.